The van der Waals surface area contributed by atoms with Gasteiger partial charge in [-0.25, -0.2) is 0 Å². The van der Waals surface area contributed by atoms with E-state index in [-0.39, 0.29) is 11.8 Å². The van der Waals surface area contributed by atoms with Gasteiger partial charge in [0.2, 0.25) is 0 Å². The van der Waals surface area contributed by atoms with Gasteiger partial charge < -0.3 is 0 Å². The Labute approximate surface area is 180 Å². The Balaban J connectivity index is 1.74. The van der Waals surface area contributed by atoms with Crippen LogP contribution in [0.5, 0.6) is 0 Å². The van der Waals surface area contributed by atoms with E-state index in [4.69, 9.17) is 0 Å². The van der Waals surface area contributed by atoms with Crippen molar-refractivity contribution in [1.29, 1.82) is 5.26 Å². The number of nitriles is 1. The summed E-state index contributed by atoms with van der Waals surface area (Å²) in [6, 6.07) is 36.4. The van der Waals surface area contributed by atoms with Crippen LogP contribution in [0.3, 0.4) is 0 Å². The molecule has 4 aromatic rings. The SMILES string of the molecule is N#Cc1ccc([C@H]2c3ccccc3N3C(=O)c4ccccc4[C@@]23c2ccccc2)cc1. The van der Waals surface area contributed by atoms with Crippen LogP contribution < -0.4 is 4.90 Å². The number of carbonyl (C=O) groups excluding carboxylic acids is 1. The molecule has 0 radical (unpaired) electrons. The van der Waals surface area contributed by atoms with Crippen molar-refractivity contribution in [2.24, 2.45) is 0 Å². The summed E-state index contributed by atoms with van der Waals surface area (Å²) in [4.78, 5) is 15.8. The number of anilines is 1. The van der Waals surface area contributed by atoms with E-state index < -0.39 is 5.54 Å². The van der Waals surface area contributed by atoms with Crippen LogP contribution in [0.15, 0.2) is 103 Å². The molecule has 1 amide bonds. The second-order valence-electron chi connectivity index (χ2n) is 8.04. The van der Waals surface area contributed by atoms with Gasteiger partial charge in [0, 0.05) is 17.2 Å². The van der Waals surface area contributed by atoms with Gasteiger partial charge in [0.05, 0.1) is 11.6 Å². The third kappa shape index (κ3) is 2.19. The van der Waals surface area contributed by atoms with Crippen LogP contribution in [0.25, 0.3) is 0 Å². The molecule has 2 heterocycles. The molecule has 0 saturated carbocycles. The molecule has 3 heteroatoms. The Morgan fingerprint density at radius 2 is 1.45 bits per heavy atom. The van der Waals surface area contributed by atoms with Crippen LogP contribution in [0, 0.1) is 11.3 Å². The first kappa shape index (κ1) is 17.7. The second kappa shape index (κ2) is 6.42. The molecule has 0 bridgehead atoms. The fourth-order valence-corrected chi connectivity index (χ4v) is 5.46. The smallest absolute Gasteiger partial charge is 0.259 e. The number of carbonyl (C=O) groups is 1. The molecule has 0 fully saturated rings. The van der Waals surface area contributed by atoms with Crippen LogP contribution in [-0.4, -0.2) is 5.91 Å². The Hall–Kier alpha value is -4.16. The standard InChI is InChI=1S/C28H18N2O/c29-18-19-14-16-20(17-15-19)26-23-11-5-7-13-25(23)30-27(31)22-10-4-6-12-24(22)28(26,30)21-8-2-1-3-9-21/h1-17,26H/t26-,28-/m0/s1. The Kier molecular flexibility index (Phi) is 3.66. The van der Waals surface area contributed by atoms with Crippen LogP contribution in [-0.2, 0) is 5.54 Å². The lowest BCUT2D eigenvalue weighted by Crippen LogP contribution is -2.45. The van der Waals surface area contributed by atoms with Gasteiger partial charge in [-0.1, -0.05) is 78.9 Å². The molecule has 2 atom stereocenters. The number of amides is 1. The van der Waals surface area contributed by atoms with E-state index in [0.29, 0.717) is 5.56 Å². The molecule has 0 unspecified atom stereocenters. The number of fused-ring (bicyclic) bond motifs is 5. The van der Waals surface area contributed by atoms with Crippen molar-refractivity contribution in [1.82, 2.24) is 0 Å². The highest BCUT2D eigenvalue weighted by Crippen LogP contribution is 2.62. The first-order chi connectivity index (χ1) is 15.3. The minimum atomic E-state index is -0.674. The number of hydrogen-bond acceptors (Lipinski definition) is 2. The van der Waals surface area contributed by atoms with E-state index in [1.165, 1.54) is 0 Å². The van der Waals surface area contributed by atoms with E-state index in [1.54, 1.807) is 0 Å². The van der Waals surface area contributed by atoms with Crippen LogP contribution in [0.2, 0.25) is 0 Å². The Morgan fingerprint density at radius 1 is 0.774 bits per heavy atom. The maximum atomic E-state index is 13.8. The van der Waals surface area contributed by atoms with Gasteiger partial charge in [0.1, 0.15) is 5.54 Å². The zero-order chi connectivity index (χ0) is 21.0. The molecule has 31 heavy (non-hydrogen) atoms. The van der Waals surface area contributed by atoms with Crippen LogP contribution >= 0.6 is 0 Å². The first-order valence-corrected chi connectivity index (χ1v) is 10.4. The predicted octanol–water partition coefficient (Wildman–Crippen LogP) is 5.61. The predicted molar refractivity (Wildman–Crippen MR) is 120 cm³/mol. The summed E-state index contributed by atoms with van der Waals surface area (Å²) in [5, 5.41) is 9.29. The average molecular weight is 398 g/mol. The molecule has 4 aromatic carbocycles. The molecule has 2 aliphatic heterocycles. The van der Waals surface area contributed by atoms with Gasteiger partial charge in [0.15, 0.2) is 0 Å². The van der Waals surface area contributed by atoms with Crippen molar-refractivity contribution in [2.75, 3.05) is 4.90 Å². The first-order valence-electron chi connectivity index (χ1n) is 10.4. The van der Waals surface area contributed by atoms with Gasteiger partial charge >= 0.3 is 0 Å². The lowest BCUT2D eigenvalue weighted by Gasteiger charge is -2.39. The molecule has 0 aliphatic carbocycles. The highest BCUT2D eigenvalue weighted by molar-refractivity contribution is 6.15. The molecule has 146 valence electrons. The van der Waals surface area contributed by atoms with E-state index in [1.807, 2.05) is 83.8 Å². The summed E-state index contributed by atoms with van der Waals surface area (Å²) >= 11 is 0. The van der Waals surface area contributed by atoms with Gasteiger partial charge in [-0.05, 0) is 46.5 Å². The Bertz CT molecular complexity index is 1370. The molecule has 3 nitrogen and oxygen atoms in total. The molecule has 0 N–H and O–H groups in total. The lowest BCUT2D eigenvalue weighted by atomic mass is 9.70. The number of nitrogens with zero attached hydrogens (tertiary/aromatic N) is 2. The highest BCUT2D eigenvalue weighted by Gasteiger charge is 2.61. The number of hydrogen-bond donors (Lipinski definition) is 0. The summed E-state index contributed by atoms with van der Waals surface area (Å²) in [5.74, 6) is -0.0607. The molecular formula is C28H18N2O. The minimum absolute atomic E-state index is 0.0306. The summed E-state index contributed by atoms with van der Waals surface area (Å²) < 4.78 is 0. The van der Waals surface area contributed by atoms with Crippen molar-refractivity contribution in [2.45, 2.75) is 11.5 Å². The normalized spacial score (nSPS) is 20.7. The maximum absolute atomic E-state index is 13.8. The summed E-state index contributed by atoms with van der Waals surface area (Å²) in [5.41, 5.74) is 5.97. The number of rotatable bonds is 2. The topological polar surface area (TPSA) is 44.1 Å². The number of para-hydroxylation sites is 1. The highest BCUT2D eigenvalue weighted by atomic mass is 16.2. The molecule has 0 saturated heterocycles. The van der Waals surface area contributed by atoms with Gasteiger partial charge in [-0.3, -0.25) is 9.69 Å². The lowest BCUT2D eigenvalue weighted by molar-refractivity contribution is 0.0984. The number of benzene rings is 4. The quantitative estimate of drug-likeness (QED) is 0.441. The van der Waals surface area contributed by atoms with Crippen molar-refractivity contribution in [3.8, 4) is 6.07 Å². The average Bonchev–Trinajstić information content (AvgIpc) is 3.29. The molecule has 2 aliphatic rings. The zero-order valence-corrected chi connectivity index (χ0v) is 16.7. The molecular weight excluding hydrogens is 380 g/mol. The van der Waals surface area contributed by atoms with E-state index in [2.05, 4.69) is 30.3 Å². The maximum Gasteiger partial charge on any atom is 0.259 e. The minimum Gasteiger partial charge on any atom is -0.293 e. The fraction of sp³-hybridized carbons (Fsp3) is 0.0714. The van der Waals surface area contributed by atoms with Crippen LogP contribution in [0.4, 0.5) is 5.69 Å². The largest absolute Gasteiger partial charge is 0.293 e. The summed E-state index contributed by atoms with van der Waals surface area (Å²) in [6.45, 7) is 0. The monoisotopic (exact) mass is 398 g/mol. The third-order valence-electron chi connectivity index (χ3n) is 6.62. The Morgan fingerprint density at radius 3 is 2.23 bits per heavy atom. The molecule has 0 spiro atoms. The molecule has 6 rings (SSSR count). The second-order valence-corrected chi connectivity index (χ2v) is 8.04. The van der Waals surface area contributed by atoms with E-state index in [0.717, 1.165) is 33.5 Å². The van der Waals surface area contributed by atoms with Crippen LogP contribution in [0.1, 0.15) is 44.1 Å². The van der Waals surface area contributed by atoms with Crippen molar-refractivity contribution < 1.29 is 4.79 Å². The van der Waals surface area contributed by atoms with Gasteiger partial charge in [0.25, 0.3) is 5.91 Å². The molecule has 0 aromatic heterocycles. The van der Waals surface area contributed by atoms with E-state index in [9.17, 15) is 10.1 Å². The van der Waals surface area contributed by atoms with Crippen molar-refractivity contribution >= 4 is 11.6 Å². The van der Waals surface area contributed by atoms with Gasteiger partial charge in [-0.15, -0.1) is 0 Å². The third-order valence-corrected chi connectivity index (χ3v) is 6.62. The fourth-order valence-electron chi connectivity index (χ4n) is 5.46. The summed E-state index contributed by atoms with van der Waals surface area (Å²) in [6.07, 6.45) is 0. The zero-order valence-electron chi connectivity index (χ0n) is 16.7. The van der Waals surface area contributed by atoms with Crippen molar-refractivity contribution in [3.05, 3.63) is 137 Å². The van der Waals surface area contributed by atoms with Gasteiger partial charge in [-0.2, -0.15) is 5.26 Å². The summed E-state index contributed by atoms with van der Waals surface area (Å²) in [7, 11) is 0. The van der Waals surface area contributed by atoms with E-state index >= 15 is 0 Å². The van der Waals surface area contributed by atoms with Crippen molar-refractivity contribution in [3.63, 3.8) is 0 Å².